The predicted molar refractivity (Wildman–Crippen MR) is 118 cm³/mol. The zero-order valence-corrected chi connectivity index (χ0v) is 18.1. The quantitative estimate of drug-likeness (QED) is 0.577. The molecular formula is C25H25FN2O5. The van der Waals surface area contributed by atoms with Crippen LogP contribution in [0.15, 0.2) is 47.1 Å². The van der Waals surface area contributed by atoms with Crippen molar-refractivity contribution < 1.29 is 27.9 Å². The lowest BCUT2D eigenvalue weighted by atomic mass is 9.90. The SMILES string of the molecule is O=C1CCC(c2coc3ccc(OCc4ccc(CN5CCOCC5)cc4)c(F)c23)C(=O)N1. The van der Waals surface area contributed by atoms with Gasteiger partial charge in [-0.3, -0.25) is 19.8 Å². The van der Waals surface area contributed by atoms with Gasteiger partial charge in [0.15, 0.2) is 11.6 Å². The molecule has 0 spiro atoms. The molecule has 3 heterocycles. The summed E-state index contributed by atoms with van der Waals surface area (Å²) in [5, 5.41) is 2.54. The number of morpholine rings is 1. The molecule has 1 aromatic heterocycles. The van der Waals surface area contributed by atoms with E-state index in [1.54, 1.807) is 6.07 Å². The molecule has 0 saturated carbocycles. The van der Waals surface area contributed by atoms with Crippen LogP contribution in [0, 0.1) is 5.82 Å². The van der Waals surface area contributed by atoms with Gasteiger partial charge in [-0.05, 0) is 29.7 Å². The number of hydrogen-bond donors (Lipinski definition) is 1. The van der Waals surface area contributed by atoms with Gasteiger partial charge in [0, 0.05) is 31.6 Å². The van der Waals surface area contributed by atoms with Gasteiger partial charge in [-0.1, -0.05) is 24.3 Å². The van der Waals surface area contributed by atoms with E-state index in [1.807, 2.05) is 12.1 Å². The standard InChI is InChI=1S/C25H25FN2O5/c26-24-21(32-14-17-3-1-16(2-4-17)13-28-9-11-31-12-10-28)7-6-20-23(24)19(15-33-20)18-5-8-22(29)27-25(18)30/h1-4,6-7,15,18H,5,8-14H2,(H,27,29,30). The highest BCUT2D eigenvalue weighted by Gasteiger charge is 2.32. The zero-order chi connectivity index (χ0) is 22.8. The lowest BCUT2D eigenvalue weighted by Crippen LogP contribution is -2.39. The Bertz CT molecular complexity index is 1170. The summed E-state index contributed by atoms with van der Waals surface area (Å²) in [7, 11) is 0. The Morgan fingerprint density at radius 2 is 1.82 bits per heavy atom. The zero-order valence-electron chi connectivity index (χ0n) is 18.1. The molecule has 33 heavy (non-hydrogen) atoms. The van der Waals surface area contributed by atoms with Crippen LogP contribution in [0.5, 0.6) is 5.75 Å². The minimum atomic E-state index is -0.632. The van der Waals surface area contributed by atoms with Crippen molar-refractivity contribution in [2.75, 3.05) is 26.3 Å². The van der Waals surface area contributed by atoms with E-state index in [1.165, 1.54) is 17.9 Å². The van der Waals surface area contributed by atoms with E-state index in [0.29, 0.717) is 17.6 Å². The Morgan fingerprint density at radius 1 is 1.06 bits per heavy atom. The molecule has 1 N–H and O–H groups in total. The minimum absolute atomic E-state index is 0.0924. The van der Waals surface area contributed by atoms with Crippen molar-refractivity contribution in [3.8, 4) is 5.75 Å². The number of carbonyl (C=O) groups is 2. The molecule has 2 amide bonds. The van der Waals surface area contributed by atoms with Gasteiger partial charge in [-0.25, -0.2) is 4.39 Å². The summed E-state index contributed by atoms with van der Waals surface area (Å²) in [5.74, 6) is -1.85. The fraction of sp³-hybridized carbons (Fsp3) is 0.360. The highest BCUT2D eigenvalue weighted by Crippen LogP contribution is 2.37. The fourth-order valence-corrected chi connectivity index (χ4v) is 4.37. The van der Waals surface area contributed by atoms with Crippen molar-refractivity contribution in [1.82, 2.24) is 10.2 Å². The van der Waals surface area contributed by atoms with Crippen LogP contribution in [0.25, 0.3) is 11.0 Å². The number of halogens is 1. The third kappa shape index (κ3) is 4.62. The van der Waals surface area contributed by atoms with Gasteiger partial charge in [0.2, 0.25) is 11.8 Å². The molecule has 2 fully saturated rings. The van der Waals surface area contributed by atoms with Crippen molar-refractivity contribution >= 4 is 22.8 Å². The summed E-state index contributed by atoms with van der Waals surface area (Å²) >= 11 is 0. The van der Waals surface area contributed by atoms with Crippen molar-refractivity contribution in [1.29, 1.82) is 0 Å². The molecule has 2 aliphatic heterocycles. The number of ether oxygens (including phenoxy) is 2. The molecule has 5 rings (SSSR count). The maximum absolute atomic E-state index is 15.3. The number of amides is 2. The molecule has 0 radical (unpaired) electrons. The topological polar surface area (TPSA) is 81.0 Å². The van der Waals surface area contributed by atoms with Crippen LogP contribution in [0.3, 0.4) is 0 Å². The van der Waals surface area contributed by atoms with E-state index in [0.717, 1.165) is 38.4 Å². The van der Waals surface area contributed by atoms with Crippen LogP contribution in [0.1, 0.15) is 35.4 Å². The van der Waals surface area contributed by atoms with Crippen LogP contribution in [-0.2, 0) is 27.5 Å². The number of nitrogens with one attached hydrogen (secondary N) is 1. The van der Waals surface area contributed by atoms with Gasteiger partial charge < -0.3 is 13.9 Å². The Kier molecular flexibility index (Phi) is 6.11. The van der Waals surface area contributed by atoms with Gasteiger partial charge in [-0.15, -0.1) is 0 Å². The molecule has 3 aromatic rings. The van der Waals surface area contributed by atoms with Crippen molar-refractivity contribution in [3.63, 3.8) is 0 Å². The number of rotatable bonds is 6. The Labute approximate surface area is 190 Å². The summed E-state index contributed by atoms with van der Waals surface area (Å²) in [4.78, 5) is 26.1. The second kappa shape index (κ2) is 9.33. The van der Waals surface area contributed by atoms with E-state index in [9.17, 15) is 9.59 Å². The number of carbonyl (C=O) groups excluding carboxylic acids is 2. The molecule has 0 aliphatic carbocycles. The normalized spacial score (nSPS) is 19.6. The second-order valence-corrected chi connectivity index (χ2v) is 8.44. The Morgan fingerprint density at radius 3 is 2.58 bits per heavy atom. The first-order valence-electron chi connectivity index (χ1n) is 11.1. The molecule has 2 saturated heterocycles. The van der Waals surface area contributed by atoms with Crippen LogP contribution >= 0.6 is 0 Å². The first kappa shape index (κ1) is 21.6. The maximum Gasteiger partial charge on any atom is 0.234 e. The van der Waals surface area contributed by atoms with E-state index >= 15 is 4.39 Å². The highest BCUT2D eigenvalue weighted by atomic mass is 19.1. The average molecular weight is 452 g/mol. The highest BCUT2D eigenvalue weighted by molar-refractivity contribution is 6.02. The fourth-order valence-electron chi connectivity index (χ4n) is 4.37. The monoisotopic (exact) mass is 452 g/mol. The van der Waals surface area contributed by atoms with E-state index in [-0.39, 0.29) is 30.1 Å². The molecule has 7 nitrogen and oxygen atoms in total. The molecule has 1 unspecified atom stereocenters. The van der Waals surface area contributed by atoms with Crippen LogP contribution < -0.4 is 10.1 Å². The molecule has 172 valence electrons. The third-order valence-electron chi connectivity index (χ3n) is 6.21. The van der Waals surface area contributed by atoms with Crippen molar-refractivity contribution in [3.05, 3.63) is 65.2 Å². The van der Waals surface area contributed by atoms with E-state index < -0.39 is 17.6 Å². The molecule has 0 bridgehead atoms. The molecule has 2 aliphatic rings. The number of furan rings is 1. The minimum Gasteiger partial charge on any atom is -0.486 e. The van der Waals surface area contributed by atoms with Gasteiger partial charge >= 0.3 is 0 Å². The largest absolute Gasteiger partial charge is 0.486 e. The summed E-state index contributed by atoms with van der Waals surface area (Å²) in [6, 6.07) is 11.3. The first-order valence-corrected chi connectivity index (χ1v) is 11.1. The third-order valence-corrected chi connectivity index (χ3v) is 6.21. The Balaban J connectivity index is 1.29. The summed E-state index contributed by atoms with van der Waals surface area (Å²) in [6.07, 6.45) is 1.92. The number of benzene rings is 2. The van der Waals surface area contributed by atoms with Crippen LogP contribution in [0.4, 0.5) is 4.39 Å². The van der Waals surface area contributed by atoms with Crippen molar-refractivity contribution in [2.45, 2.75) is 31.9 Å². The lowest BCUT2D eigenvalue weighted by Gasteiger charge is -2.26. The number of imide groups is 1. The van der Waals surface area contributed by atoms with Gasteiger partial charge in [0.05, 0.1) is 30.8 Å². The smallest absolute Gasteiger partial charge is 0.234 e. The number of nitrogens with zero attached hydrogens (tertiary/aromatic N) is 1. The summed E-state index contributed by atoms with van der Waals surface area (Å²) < 4.78 is 32.0. The molecule has 1 atom stereocenters. The van der Waals surface area contributed by atoms with Gasteiger partial charge in [0.25, 0.3) is 0 Å². The lowest BCUT2D eigenvalue weighted by molar-refractivity contribution is -0.134. The average Bonchev–Trinajstić information content (AvgIpc) is 3.25. The second-order valence-electron chi connectivity index (χ2n) is 8.44. The van der Waals surface area contributed by atoms with Crippen LogP contribution in [0.2, 0.25) is 0 Å². The molecule has 2 aromatic carbocycles. The molecule has 8 heteroatoms. The predicted octanol–water partition coefficient (Wildman–Crippen LogP) is 3.50. The van der Waals surface area contributed by atoms with Crippen LogP contribution in [-0.4, -0.2) is 43.0 Å². The number of hydrogen-bond acceptors (Lipinski definition) is 6. The first-order chi connectivity index (χ1) is 16.1. The van der Waals surface area contributed by atoms with E-state index in [2.05, 4.69) is 22.3 Å². The maximum atomic E-state index is 15.3. The molecular weight excluding hydrogens is 427 g/mol. The number of piperidine rings is 1. The van der Waals surface area contributed by atoms with E-state index in [4.69, 9.17) is 13.9 Å². The summed E-state index contributed by atoms with van der Waals surface area (Å²) in [6.45, 7) is 4.49. The number of fused-ring (bicyclic) bond motifs is 1. The Hall–Kier alpha value is -3.23. The van der Waals surface area contributed by atoms with Crippen molar-refractivity contribution in [2.24, 2.45) is 0 Å². The van der Waals surface area contributed by atoms with Gasteiger partial charge in [0.1, 0.15) is 12.2 Å². The van der Waals surface area contributed by atoms with Gasteiger partial charge in [-0.2, -0.15) is 0 Å². The summed E-state index contributed by atoms with van der Waals surface area (Å²) in [5.41, 5.74) is 2.91.